The number of amides is 1. The van der Waals surface area contributed by atoms with Crippen molar-refractivity contribution >= 4 is 5.91 Å². The first kappa shape index (κ1) is 16.6. The highest BCUT2D eigenvalue weighted by Gasteiger charge is 2.31. The van der Waals surface area contributed by atoms with Crippen molar-refractivity contribution in [3.63, 3.8) is 0 Å². The first-order valence-corrected chi connectivity index (χ1v) is 8.77. The Morgan fingerprint density at radius 2 is 1.96 bits per heavy atom. The average molecular weight is 355 g/mol. The Hall–Kier alpha value is -2.83. The summed E-state index contributed by atoms with van der Waals surface area (Å²) in [7, 11) is 0. The maximum absolute atomic E-state index is 12.9. The Balaban J connectivity index is 1.46. The van der Waals surface area contributed by atoms with Crippen LogP contribution in [0.4, 0.5) is 0 Å². The van der Waals surface area contributed by atoms with E-state index in [0.29, 0.717) is 49.4 Å². The lowest BCUT2D eigenvalue weighted by Crippen LogP contribution is -2.32. The molecule has 1 amide bonds. The average Bonchev–Trinajstić information content (AvgIpc) is 3.08. The van der Waals surface area contributed by atoms with Gasteiger partial charge in [0.2, 0.25) is 0 Å². The Labute approximate surface area is 151 Å². The van der Waals surface area contributed by atoms with E-state index in [-0.39, 0.29) is 12.0 Å². The van der Waals surface area contributed by atoms with Crippen molar-refractivity contribution in [2.24, 2.45) is 0 Å². The fourth-order valence-electron chi connectivity index (χ4n) is 3.32. The van der Waals surface area contributed by atoms with E-state index < -0.39 is 0 Å². The van der Waals surface area contributed by atoms with Crippen molar-refractivity contribution in [3.05, 3.63) is 41.2 Å². The van der Waals surface area contributed by atoms with Crippen molar-refractivity contribution in [1.82, 2.24) is 14.9 Å². The molecule has 26 heavy (non-hydrogen) atoms. The Kier molecular flexibility index (Phi) is 4.36. The zero-order valence-corrected chi connectivity index (χ0v) is 14.9. The lowest BCUT2D eigenvalue weighted by molar-refractivity contribution is 0.0759. The van der Waals surface area contributed by atoms with Gasteiger partial charge in [-0.2, -0.15) is 0 Å². The summed E-state index contributed by atoms with van der Waals surface area (Å²) in [5.41, 5.74) is 2.27. The molecule has 4 rings (SSSR count). The summed E-state index contributed by atoms with van der Waals surface area (Å²) in [6.45, 7) is 5.89. The third-order valence-electron chi connectivity index (χ3n) is 4.46. The minimum Gasteiger partial charge on any atom is -0.486 e. The van der Waals surface area contributed by atoms with Gasteiger partial charge in [-0.1, -0.05) is 6.07 Å². The van der Waals surface area contributed by atoms with Crippen LogP contribution in [0.1, 0.15) is 28.2 Å². The Bertz CT molecular complexity index is 819. The van der Waals surface area contributed by atoms with Gasteiger partial charge in [0.25, 0.3) is 5.91 Å². The number of carbonyl (C=O) groups is 1. The number of carbonyl (C=O) groups excluding carboxylic acids is 1. The van der Waals surface area contributed by atoms with Gasteiger partial charge in [-0.25, -0.2) is 9.97 Å². The highest BCUT2D eigenvalue weighted by Crippen LogP contribution is 2.34. The molecule has 7 heteroatoms. The standard InChI is InChI=1S/C19H21N3O4/c1-12-10-13(2)21-19(20-12)26-14-6-7-22(11-14)18(23)15-4-3-5-16-17(15)25-9-8-24-16/h3-5,10,14H,6-9,11H2,1-2H3. The molecule has 1 aromatic heterocycles. The molecule has 1 saturated heterocycles. The number of aryl methyl sites for hydroxylation is 2. The zero-order valence-electron chi connectivity index (χ0n) is 14.9. The summed E-state index contributed by atoms with van der Waals surface area (Å²) in [4.78, 5) is 23.3. The molecule has 1 fully saturated rings. The largest absolute Gasteiger partial charge is 0.486 e. The normalized spacial score (nSPS) is 18.7. The van der Waals surface area contributed by atoms with Crippen LogP contribution in [-0.4, -0.2) is 53.2 Å². The van der Waals surface area contributed by atoms with E-state index in [0.717, 1.165) is 17.8 Å². The molecule has 136 valence electrons. The van der Waals surface area contributed by atoms with Crippen molar-refractivity contribution in [1.29, 1.82) is 0 Å². The lowest BCUT2D eigenvalue weighted by Gasteiger charge is -2.23. The molecule has 2 aromatic rings. The molecule has 2 aliphatic rings. The lowest BCUT2D eigenvalue weighted by atomic mass is 10.1. The molecule has 7 nitrogen and oxygen atoms in total. The van der Waals surface area contributed by atoms with Gasteiger partial charge in [0.15, 0.2) is 11.5 Å². The van der Waals surface area contributed by atoms with Gasteiger partial charge in [0, 0.05) is 24.4 Å². The summed E-state index contributed by atoms with van der Waals surface area (Å²) < 4.78 is 17.1. The molecule has 0 radical (unpaired) electrons. The van der Waals surface area contributed by atoms with Crippen molar-refractivity contribution in [2.45, 2.75) is 26.4 Å². The van der Waals surface area contributed by atoms with Crippen LogP contribution in [0.3, 0.4) is 0 Å². The Morgan fingerprint density at radius 3 is 2.77 bits per heavy atom. The smallest absolute Gasteiger partial charge is 0.317 e. The summed E-state index contributed by atoms with van der Waals surface area (Å²) >= 11 is 0. The van der Waals surface area contributed by atoms with Crippen molar-refractivity contribution in [2.75, 3.05) is 26.3 Å². The predicted molar refractivity (Wildman–Crippen MR) is 93.9 cm³/mol. The molecule has 1 unspecified atom stereocenters. The molecule has 0 bridgehead atoms. The monoisotopic (exact) mass is 355 g/mol. The maximum atomic E-state index is 12.9. The van der Waals surface area contributed by atoms with E-state index in [9.17, 15) is 4.79 Å². The summed E-state index contributed by atoms with van der Waals surface area (Å²) in [5.74, 6) is 1.09. The highest BCUT2D eigenvalue weighted by molar-refractivity contribution is 5.98. The van der Waals surface area contributed by atoms with E-state index in [2.05, 4.69) is 9.97 Å². The summed E-state index contributed by atoms with van der Waals surface area (Å²) in [6, 6.07) is 7.68. The minimum absolute atomic E-state index is 0.0696. The number of hydrogen-bond acceptors (Lipinski definition) is 6. The summed E-state index contributed by atoms with van der Waals surface area (Å²) in [5, 5.41) is 0. The molecule has 3 heterocycles. The number of nitrogens with zero attached hydrogens (tertiary/aromatic N) is 3. The van der Waals surface area contributed by atoms with E-state index >= 15 is 0 Å². The van der Waals surface area contributed by atoms with E-state index in [1.807, 2.05) is 32.0 Å². The molecule has 0 saturated carbocycles. The van der Waals surface area contributed by atoms with Crippen molar-refractivity contribution < 1.29 is 19.0 Å². The molecule has 1 aromatic carbocycles. The van der Waals surface area contributed by atoms with Gasteiger partial charge >= 0.3 is 6.01 Å². The van der Waals surface area contributed by atoms with Gasteiger partial charge < -0.3 is 19.1 Å². The van der Waals surface area contributed by atoms with Crippen LogP contribution in [-0.2, 0) is 0 Å². The number of aromatic nitrogens is 2. The molecule has 2 aliphatic heterocycles. The van der Waals surface area contributed by atoms with Gasteiger partial charge in [-0.3, -0.25) is 4.79 Å². The van der Waals surface area contributed by atoms with E-state index in [1.165, 1.54) is 0 Å². The Morgan fingerprint density at radius 1 is 1.19 bits per heavy atom. The van der Waals surface area contributed by atoms with Gasteiger partial charge in [0.05, 0.1) is 12.1 Å². The fourth-order valence-corrected chi connectivity index (χ4v) is 3.32. The van der Waals surface area contributed by atoms with Crippen LogP contribution < -0.4 is 14.2 Å². The van der Waals surface area contributed by atoms with E-state index in [4.69, 9.17) is 14.2 Å². The first-order chi connectivity index (χ1) is 12.6. The molecule has 1 atom stereocenters. The topological polar surface area (TPSA) is 73.8 Å². The minimum atomic E-state index is -0.114. The van der Waals surface area contributed by atoms with Crippen LogP contribution in [0, 0.1) is 13.8 Å². The molecule has 0 spiro atoms. The number of hydrogen-bond donors (Lipinski definition) is 0. The molecule has 0 N–H and O–H groups in total. The van der Waals surface area contributed by atoms with Crippen LogP contribution in [0.25, 0.3) is 0 Å². The zero-order chi connectivity index (χ0) is 18.1. The number of ether oxygens (including phenoxy) is 3. The number of benzene rings is 1. The number of fused-ring (bicyclic) bond motifs is 1. The van der Waals surface area contributed by atoms with Crippen LogP contribution in [0.5, 0.6) is 17.5 Å². The van der Waals surface area contributed by atoms with E-state index in [1.54, 1.807) is 11.0 Å². The molecular weight excluding hydrogens is 334 g/mol. The highest BCUT2D eigenvalue weighted by atomic mass is 16.6. The third-order valence-corrected chi connectivity index (χ3v) is 4.46. The first-order valence-electron chi connectivity index (χ1n) is 8.77. The van der Waals surface area contributed by atoms with Crippen molar-refractivity contribution in [3.8, 4) is 17.5 Å². The predicted octanol–water partition coefficient (Wildman–Crippen LogP) is 2.16. The van der Waals surface area contributed by atoms with Gasteiger partial charge in [-0.05, 0) is 32.0 Å². The fraction of sp³-hybridized carbons (Fsp3) is 0.421. The quantitative estimate of drug-likeness (QED) is 0.840. The SMILES string of the molecule is Cc1cc(C)nc(OC2CCN(C(=O)c3cccc4c3OCCO4)C2)n1. The maximum Gasteiger partial charge on any atom is 0.317 e. The van der Waals surface area contributed by atoms with Crippen LogP contribution in [0.2, 0.25) is 0 Å². The second kappa shape index (κ2) is 6.82. The summed E-state index contributed by atoms with van der Waals surface area (Å²) in [6.07, 6.45) is 0.630. The second-order valence-corrected chi connectivity index (χ2v) is 6.54. The number of rotatable bonds is 3. The molecular formula is C19H21N3O4. The van der Waals surface area contributed by atoms with Crippen LogP contribution in [0.15, 0.2) is 24.3 Å². The van der Waals surface area contributed by atoms with Crippen LogP contribution >= 0.6 is 0 Å². The number of para-hydroxylation sites is 1. The van der Waals surface area contributed by atoms with Gasteiger partial charge in [-0.15, -0.1) is 0 Å². The van der Waals surface area contributed by atoms with Gasteiger partial charge in [0.1, 0.15) is 19.3 Å². The third kappa shape index (κ3) is 3.29. The molecule has 0 aliphatic carbocycles. The second-order valence-electron chi connectivity index (χ2n) is 6.54. The number of likely N-dealkylation sites (tertiary alicyclic amines) is 1.